The number of aromatic nitrogens is 3. The van der Waals surface area contributed by atoms with Gasteiger partial charge in [0.1, 0.15) is 0 Å². The van der Waals surface area contributed by atoms with Gasteiger partial charge in [-0.05, 0) is 31.8 Å². The van der Waals surface area contributed by atoms with Crippen molar-refractivity contribution in [1.82, 2.24) is 19.7 Å². The van der Waals surface area contributed by atoms with E-state index in [-0.39, 0.29) is 0 Å². The zero-order valence-electron chi connectivity index (χ0n) is 8.56. The fourth-order valence-corrected chi connectivity index (χ4v) is 2.24. The highest BCUT2D eigenvalue weighted by Gasteiger charge is 2.16. The molecule has 15 heavy (non-hydrogen) atoms. The van der Waals surface area contributed by atoms with Crippen LogP contribution in [0, 0.1) is 5.92 Å². The van der Waals surface area contributed by atoms with Gasteiger partial charge in [-0.3, -0.25) is 4.98 Å². The maximum atomic E-state index is 4.24. The summed E-state index contributed by atoms with van der Waals surface area (Å²) in [5.41, 5.74) is 2.21. The maximum absolute atomic E-state index is 4.24. The minimum atomic E-state index is 0.750. The Morgan fingerprint density at radius 2 is 2.47 bits per heavy atom. The molecule has 3 heterocycles. The lowest BCUT2D eigenvalue weighted by Crippen LogP contribution is -2.12. The molecule has 2 aromatic rings. The summed E-state index contributed by atoms with van der Waals surface area (Å²) in [6.45, 7) is 2.28. The van der Waals surface area contributed by atoms with Crippen LogP contribution in [0.4, 0.5) is 0 Å². The number of hydrogen-bond acceptors (Lipinski definition) is 3. The molecule has 1 aliphatic rings. The van der Waals surface area contributed by atoms with Gasteiger partial charge in [-0.15, -0.1) is 0 Å². The van der Waals surface area contributed by atoms with Crippen LogP contribution in [0.3, 0.4) is 0 Å². The number of hydrogen-bond donors (Lipinski definition) is 1. The topological polar surface area (TPSA) is 42.2 Å². The van der Waals surface area contributed by atoms with Crippen LogP contribution < -0.4 is 5.32 Å². The minimum Gasteiger partial charge on any atom is -0.316 e. The summed E-state index contributed by atoms with van der Waals surface area (Å²) in [5, 5.41) is 3.39. The normalized spacial score (nSPS) is 21.2. The standard InChI is InChI=1S/C11H14N4/c1-2-12-6-9(1)5-10-7-13-8-11-14-3-4-15(10)11/h3-4,7-9,12H,1-2,5-6H2/t9-/m1/s1. The molecule has 0 aliphatic carbocycles. The minimum absolute atomic E-state index is 0.750. The van der Waals surface area contributed by atoms with E-state index in [1.165, 1.54) is 12.1 Å². The first-order chi connectivity index (χ1) is 7.43. The third-order valence-corrected chi connectivity index (χ3v) is 3.05. The molecular formula is C11H14N4. The highest BCUT2D eigenvalue weighted by Crippen LogP contribution is 2.15. The molecular weight excluding hydrogens is 188 g/mol. The van der Waals surface area contributed by atoms with Crippen LogP contribution in [-0.4, -0.2) is 27.5 Å². The Labute approximate surface area is 88.4 Å². The van der Waals surface area contributed by atoms with Crippen LogP contribution in [0.5, 0.6) is 0 Å². The van der Waals surface area contributed by atoms with Gasteiger partial charge in [0.2, 0.25) is 0 Å². The molecule has 4 nitrogen and oxygen atoms in total. The summed E-state index contributed by atoms with van der Waals surface area (Å²) in [4.78, 5) is 8.46. The van der Waals surface area contributed by atoms with Crippen molar-refractivity contribution in [1.29, 1.82) is 0 Å². The average molecular weight is 202 g/mol. The number of nitrogens with zero attached hydrogens (tertiary/aromatic N) is 3. The smallest absolute Gasteiger partial charge is 0.155 e. The van der Waals surface area contributed by atoms with Crippen LogP contribution in [0.2, 0.25) is 0 Å². The third-order valence-electron chi connectivity index (χ3n) is 3.05. The second-order valence-electron chi connectivity index (χ2n) is 4.12. The SMILES string of the molecule is c1cn2c(C[C@H]3CCNC3)cncc2n1. The Balaban J connectivity index is 1.92. The molecule has 1 aliphatic heterocycles. The van der Waals surface area contributed by atoms with Crippen molar-refractivity contribution in [2.75, 3.05) is 13.1 Å². The average Bonchev–Trinajstić information content (AvgIpc) is 2.87. The molecule has 78 valence electrons. The Kier molecular flexibility index (Phi) is 2.14. The van der Waals surface area contributed by atoms with Crippen LogP contribution in [0.25, 0.3) is 5.65 Å². The van der Waals surface area contributed by atoms with Crippen LogP contribution in [-0.2, 0) is 6.42 Å². The summed E-state index contributed by atoms with van der Waals surface area (Å²) in [6, 6.07) is 0. The molecule has 0 spiro atoms. The highest BCUT2D eigenvalue weighted by atomic mass is 15.0. The zero-order chi connectivity index (χ0) is 10.1. The van der Waals surface area contributed by atoms with Crippen LogP contribution >= 0.6 is 0 Å². The van der Waals surface area contributed by atoms with Crippen molar-refractivity contribution in [3.8, 4) is 0 Å². The first-order valence-corrected chi connectivity index (χ1v) is 5.40. The third kappa shape index (κ3) is 1.61. The molecule has 3 rings (SSSR count). The van der Waals surface area contributed by atoms with Gasteiger partial charge >= 0.3 is 0 Å². The lowest BCUT2D eigenvalue weighted by molar-refractivity contribution is 0.567. The second kappa shape index (κ2) is 3.62. The van der Waals surface area contributed by atoms with Crippen molar-refractivity contribution in [2.45, 2.75) is 12.8 Å². The van der Waals surface area contributed by atoms with E-state index in [0.29, 0.717) is 0 Å². The molecule has 1 N–H and O–H groups in total. The highest BCUT2D eigenvalue weighted by molar-refractivity contribution is 5.36. The second-order valence-corrected chi connectivity index (χ2v) is 4.12. The quantitative estimate of drug-likeness (QED) is 0.786. The van der Waals surface area contributed by atoms with Crippen molar-refractivity contribution < 1.29 is 0 Å². The van der Waals surface area contributed by atoms with Gasteiger partial charge in [0.25, 0.3) is 0 Å². The number of rotatable bonds is 2. The molecule has 0 bridgehead atoms. The van der Waals surface area contributed by atoms with E-state index in [0.717, 1.165) is 31.1 Å². The molecule has 0 radical (unpaired) electrons. The maximum Gasteiger partial charge on any atom is 0.155 e. The van der Waals surface area contributed by atoms with Crippen molar-refractivity contribution in [3.63, 3.8) is 0 Å². The molecule has 1 fully saturated rings. The Bertz CT molecular complexity index is 456. The molecule has 0 amide bonds. The van der Waals surface area contributed by atoms with E-state index in [1.807, 2.05) is 18.6 Å². The number of nitrogens with one attached hydrogen (secondary N) is 1. The molecule has 1 atom stereocenters. The van der Waals surface area contributed by atoms with E-state index in [9.17, 15) is 0 Å². The van der Waals surface area contributed by atoms with Gasteiger partial charge in [0, 0.05) is 24.3 Å². The monoisotopic (exact) mass is 202 g/mol. The van der Waals surface area contributed by atoms with E-state index >= 15 is 0 Å². The summed E-state index contributed by atoms with van der Waals surface area (Å²) in [5.74, 6) is 0.750. The summed E-state index contributed by atoms with van der Waals surface area (Å²) >= 11 is 0. The van der Waals surface area contributed by atoms with Crippen LogP contribution in [0.1, 0.15) is 12.1 Å². The van der Waals surface area contributed by atoms with E-state index in [2.05, 4.69) is 19.7 Å². The van der Waals surface area contributed by atoms with E-state index in [1.54, 1.807) is 6.20 Å². The number of imidazole rings is 1. The Hall–Kier alpha value is -1.42. The Morgan fingerprint density at radius 1 is 1.47 bits per heavy atom. The van der Waals surface area contributed by atoms with Gasteiger partial charge < -0.3 is 9.72 Å². The number of fused-ring (bicyclic) bond motifs is 1. The summed E-state index contributed by atoms with van der Waals surface area (Å²) in [7, 11) is 0. The van der Waals surface area contributed by atoms with Gasteiger partial charge in [0.05, 0.1) is 6.20 Å². The van der Waals surface area contributed by atoms with Gasteiger partial charge in [-0.1, -0.05) is 0 Å². The predicted octanol–water partition coefficient (Wildman–Crippen LogP) is 0.881. The fourth-order valence-electron chi connectivity index (χ4n) is 2.24. The first kappa shape index (κ1) is 8.85. The van der Waals surface area contributed by atoms with E-state index < -0.39 is 0 Å². The largest absolute Gasteiger partial charge is 0.316 e. The summed E-state index contributed by atoms with van der Waals surface area (Å²) in [6.07, 6.45) is 9.95. The molecule has 4 heteroatoms. The zero-order valence-corrected chi connectivity index (χ0v) is 8.56. The lowest BCUT2D eigenvalue weighted by atomic mass is 10.0. The first-order valence-electron chi connectivity index (χ1n) is 5.40. The predicted molar refractivity (Wildman–Crippen MR) is 57.7 cm³/mol. The van der Waals surface area contributed by atoms with E-state index in [4.69, 9.17) is 0 Å². The molecule has 0 unspecified atom stereocenters. The summed E-state index contributed by atoms with van der Waals surface area (Å²) < 4.78 is 2.13. The lowest BCUT2D eigenvalue weighted by Gasteiger charge is -2.09. The van der Waals surface area contributed by atoms with Crippen molar-refractivity contribution >= 4 is 5.65 Å². The van der Waals surface area contributed by atoms with Gasteiger partial charge in [-0.25, -0.2) is 4.98 Å². The molecule has 0 aromatic carbocycles. The molecule has 1 saturated heterocycles. The Morgan fingerprint density at radius 3 is 3.33 bits per heavy atom. The van der Waals surface area contributed by atoms with Crippen molar-refractivity contribution in [3.05, 3.63) is 30.5 Å². The fraction of sp³-hybridized carbons (Fsp3) is 0.455. The molecule has 0 saturated carbocycles. The van der Waals surface area contributed by atoms with Crippen molar-refractivity contribution in [2.24, 2.45) is 5.92 Å². The molecule has 2 aromatic heterocycles. The van der Waals surface area contributed by atoms with Gasteiger partial charge in [-0.2, -0.15) is 0 Å². The van der Waals surface area contributed by atoms with Crippen LogP contribution in [0.15, 0.2) is 24.8 Å². The van der Waals surface area contributed by atoms with Gasteiger partial charge in [0.15, 0.2) is 5.65 Å².